The van der Waals surface area contributed by atoms with Crippen LogP contribution in [-0.2, 0) is 6.54 Å². The molecule has 2 aromatic heterocycles. The molecule has 6 nitrogen and oxygen atoms in total. The Labute approximate surface area is 118 Å². The molecule has 0 unspecified atom stereocenters. The smallest absolute Gasteiger partial charge is 0.315 e. The highest BCUT2D eigenvalue weighted by Gasteiger charge is 2.14. The highest BCUT2D eigenvalue weighted by atomic mass is 16.3. The molecule has 0 spiro atoms. The van der Waals surface area contributed by atoms with E-state index in [-0.39, 0.29) is 18.1 Å². The normalized spacial score (nSPS) is 13.8. The van der Waals surface area contributed by atoms with Crippen LogP contribution in [0.25, 0.3) is 0 Å². The molecular weight excluding hydrogens is 256 g/mol. The van der Waals surface area contributed by atoms with Crippen LogP contribution in [-0.4, -0.2) is 21.9 Å². The number of nitrogens with one attached hydrogen (secondary N) is 2. The highest BCUT2D eigenvalue weighted by Crippen LogP contribution is 2.15. The van der Waals surface area contributed by atoms with E-state index in [2.05, 4.69) is 15.7 Å². The van der Waals surface area contributed by atoms with Gasteiger partial charge in [0.25, 0.3) is 0 Å². The van der Waals surface area contributed by atoms with Crippen LogP contribution < -0.4 is 10.6 Å². The Balaban J connectivity index is 1.80. The number of carbonyl (C=O) groups is 1. The van der Waals surface area contributed by atoms with E-state index in [1.165, 1.54) is 0 Å². The summed E-state index contributed by atoms with van der Waals surface area (Å²) in [5.41, 5.74) is 0. The first-order chi connectivity index (χ1) is 9.54. The van der Waals surface area contributed by atoms with Crippen molar-refractivity contribution in [3.8, 4) is 0 Å². The molecule has 0 aliphatic carbocycles. The predicted octanol–water partition coefficient (Wildman–Crippen LogP) is 2.23. The van der Waals surface area contributed by atoms with Crippen molar-refractivity contribution in [1.82, 2.24) is 20.4 Å². The molecule has 0 saturated carbocycles. The number of aryl methyl sites for hydroxylation is 1. The van der Waals surface area contributed by atoms with Gasteiger partial charge in [-0.1, -0.05) is 0 Å². The molecule has 108 valence electrons. The zero-order valence-electron chi connectivity index (χ0n) is 12.0. The Morgan fingerprint density at radius 1 is 1.40 bits per heavy atom. The van der Waals surface area contributed by atoms with Crippen LogP contribution in [0.2, 0.25) is 0 Å². The Morgan fingerprint density at radius 2 is 2.20 bits per heavy atom. The fraction of sp³-hybridized carbons (Fsp3) is 0.429. The largest absolute Gasteiger partial charge is 0.464 e. The molecule has 0 aliphatic rings. The Hall–Kier alpha value is -2.24. The molecule has 2 aromatic rings. The van der Waals surface area contributed by atoms with Gasteiger partial charge in [0.05, 0.1) is 12.6 Å². The van der Waals surface area contributed by atoms with Crippen LogP contribution in [0, 0.1) is 6.92 Å². The predicted molar refractivity (Wildman–Crippen MR) is 75.2 cm³/mol. The first-order valence-electron chi connectivity index (χ1n) is 6.65. The Kier molecular flexibility index (Phi) is 4.45. The highest BCUT2D eigenvalue weighted by molar-refractivity contribution is 5.74. The molecule has 20 heavy (non-hydrogen) atoms. The van der Waals surface area contributed by atoms with Crippen LogP contribution >= 0.6 is 0 Å². The number of rotatable bonds is 5. The zero-order valence-corrected chi connectivity index (χ0v) is 12.0. The lowest BCUT2D eigenvalue weighted by molar-refractivity contribution is 0.231. The van der Waals surface area contributed by atoms with Gasteiger partial charge in [-0.2, -0.15) is 5.10 Å². The van der Waals surface area contributed by atoms with Crippen molar-refractivity contribution in [2.45, 2.75) is 39.4 Å². The van der Waals surface area contributed by atoms with Crippen molar-refractivity contribution in [3.05, 3.63) is 42.1 Å². The lowest BCUT2D eigenvalue weighted by Crippen LogP contribution is -2.43. The molecule has 2 amide bonds. The molecule has 0 aliphatic heterocycles. The zero-order chi connectivity index (χ0) is 14.5. The molecule has 0 bridgehead atoms. The maximum absolute atomic E-state index is 11.9. The molecule has 0 radical (unpaired) electrons. The maximum atomic E-state index is 11.9. The standard InChI is InChI=1S/C14H20N4O2/c1-10(9-18-8-4-7-15-18)16-14(19)17-12(3)13-6-5-11(2)20-13/h4-8,10,12H,9H2,1-3H3,(H2,16,17,19)/t10-,12-/m0/s1. The van der Waals surface area contributed by atoms with E-state index in [9.17, 15) is 4.79 Å². The minimum Gasteiger partial charge on any atom is -0.464 e. The first-order valence-corrected chi connectivity index (χ1v) is 6.65. The van der Waals surface area contributed by atoms with E-state index >= 15 is 0 Å². The summed E-state index contributed by atoms with van der Waals surface area (Å²) in [6.07, 6.45) is 3.58. The van der Waals surface area contributed by atoms with E-state index in [1.807, 2.05) is 45.2 Å². The quantitative estimate of drug-likeness (QED) is 0.879. The van der Waals surface area contributed by atoms with Gasteiger partial charge in [-0.05, 0) is 39.0 Å². The van der Waals surface area contributed by atoms with Crippen molar-refractivity contribution < 1.29 is 9.21 Å². The number of hydrogen-bond acceptors (Lipinski definition) is 3. The van der Waals surface area contributed by atoms with Gasteiger partial charge in [-0.3, -0.25) is 4.68 Å². The van der Waals surface area contributed by atoms with Gasteiger partial charge in [-0.15, -0.1) is 0 Å². The minimum absolute atomic E-state index is 0.0135. The molecule has 2 N–H and O–H groups in total. The third-order valence-electron chi connectivity index (χ3n) is 2.93. The van der Waals surface area contributed by atoms with Crippen LogP contribution in [0.5, 0.6) is 0 Å². The van der Waals surface area contributed by atoms with Crippen molar-refractivity contribution in [2.75, 3.05) is 0 Å². The van der Waals surface area contributed by atoms with E-state index < -0.39 is 0 Å². The molecular formula is C14H20N4O2. The van der Waals surface area contributed by atoms with Crippen LogP contribution in [0.3, 0.4) is 0 Å². The summed E-state index contributed by atoms with van der Waals surface area (Å²) in [4.78, 5) is 11.9. The lowest BCUT2D eigenvalue weighted by atomic mass is 10.2. The Morgan fingerprint density at radius 3 is 2.80 bits per heavy atom. The molecule has 0 aromatic carbocycles. The summed E-state index contributed by atoms with van der Waals surface area (Å²) >= 11 is 0. The van der Waals surface area contributed by atoms with Crippen molar-refractivity contribution in [1.29, 1.82) is 0 Å². The number of hydrogen-bond donors (Lipinski definition) is 2. The number of nitrogens with zero attached hydrogens (tertiary/aromatic N) is 2. The van der Waals surface area contributed by atoms with Gasteiger partial charge < -0.3 is 15.1 Å². The summed E-state index contributed by atoms with van der Waals surface area (Å²) in [7, 11) is 0. The monoisotopic (exact) mass is 276 g/mol. The third-order valence-corrected chi connectivity index (χ3v) is 2.93. The van der Waals surface area contributed by atoms with Gasteiger partial charge in [0.1, 0.15) is 11.5 Å². The summed E-state index contributed by atoms with van der Waals surface area (Å²) in [5.74, 6) is 1.58. The van der Waals surface area contributed by atoms with E-state index in [1.54, 1.807) is 10.9 Å². The molecule has 2 atom stereocenters. The minimum atomic E-state index is -0.216. The first kappa shape index (κ1) is 14.2. The molecule has 0 saturated heterocycles. The van der Waals surface area contributed by atoms with Crippen molar-refractivity contribution >= 4 is 6.03 Å². The van der Waals surface area contributed by atoms with Crippen LogP contribution in [0.15, 0.2) is 35.0 Å². The van der Waals surface area contributed by atoms with Crippen molar-refractivity contribution in [2.24, 2.45) is 0 Å². The molecule has 2 heterocycles. The average Bonchev–Trinajstić information content (AvgIpc) is 3.00. The van der Waals surface area contributed by atoms with Gasteiger partial charge in [0.2, 0.25) is 0 Å². The van der Waals surface area contributed by atoms with E-state index in [0.29, 0.717) is 6.54 Å². The second kappa shape index (κ2) is 6.27. The Bertz CT molecular complexity index is 547. The van der Waals surface area contributed by atoms with Crippen molar-refractivity contribution in [3.63, 3.8) is 0 Å². The number of aromatic nitrogens is 2. The van der Waals surface area contributed by atoms with E-state index in [4.69, 9.17) is 4.42 Å². The van der Waals surface area contributed by atoms with Crippen LogP contribution in [0.1, 0.15) is 31.4 Å². The average molecular weight is 276 g/mol. The van der Waals surface area contributed by atoms with Gasteiger partial charge >= 0.3 is 6.03 Å². The molecule has 2 rings (SSSR count). The number of amides is 2. The summed E-state index contributed by atoms with van der Waals surface area (Å²) in [6.45, 7) is 6.33. The van der Waals surface area contributed by atoms with Gasteiger partial charge in [0, 0.05) is 18.4 Å². The second-order valence-corrected chi connectivity index (χ2v) is 4.92. The fourth-order valence-corrected chi connectivity index (χ4v) is 1.95. The SMILES string of the molecule is Cc1ccc([C@H](C)NC(=O)N[C@@H](C)Cn2cccn2)o1. The third kappa shape index (κ3) is 3.88. The number of carbonyl (C=O) groups excluding carboxylic acids is 1. The number of furan rings is 1. The molecule has 0 fully saturated rings. The topological polar surface area (TPSA) is 72.1 Å². The maximum Gasteiger partial charge on any atom is 0.315 e. The summed E-state index contributed by atoms with van der Waals surface area (Å²) in [5, 5.41) is 9.82. The van der Waals surface area contributed by atoms with Gasteiger partial charge in [-0.25, -0.2) is 4.79 Å². The second-order valence-electron chi connectivity index (χ2n) is 4.92. The summed E-state index contributed by atoms with van der Waals surface area (Å²) < 4.78 is 7.26. The van der Waals surface area contributed by atoms with Gasteiger partial charge in [0.15, 0.2) is 0 Å². The molecule has 6 heteroatoms. The summed E-state index contributed by atoms with van der Waals surface area (Å²) in [6, 6.07) is 5.21. The fourth-order valence-electron chi connectivity index (χ4n) is 1.95. The lowest BCUT2D eigenvalue weighted by Gasteiger charge is -2.17. The number of urea groups is 1. The van der Waals surface area contributed by atoms with E-state index in [0.717, 1.165) is 11.5 Å². The van der Waals surface area contributed by atoms with Crippen LogP contribution in [0.4, 0.5) is 4.79 Å².